The highest BCUT2D eigenvalue weighted by Crippen LogP contribution is 2.37. The molecule has 0 saturated heterocycles. The first kappa shape index (κ1) is 26.2. The number of rotatable bonds is 10. The van der Waals surface area contributed by atoms with Gasteiger partial charge in [-0.15, -0.1) is 10.2 Å². The molecule has 1 aromatic carbocycles. The van der Waals surface area contributed by atoms with Crippen LogP contribution in [0, 0.1) is 6.92 Å². The summed E-state index contributed by atoms with van der Waals surface area (Å²) in [7, 11) is 2.40. The Morgan fingerprint density at radius 1 is 1.00 bits per heavy atom. The summed E-state index contributed by atoms with van der Waals surface area (Å²) in [5, 5.41) is 12.0. The molecule has 0 spiro atoms. The predicted molar refractivity (Wildman–Crippen MR) is 135 cm³/mol. The fraction of sp³-hybridized carbons (Fsp3) is 0.375. The summed E-state index contributed by atoms with van der Waals surface area (Å²) in [6.07, 6.45) is 4.13. The molecule has 0 unspecified atom stereocenters. The average molecular weight is 528 g/mol. The van der Waals surface area contributed by atoms with Gasteiger partial charge in [-0.1, -0.05) is 6.07 Å². The van der Waals surface area contributed by atoms with Crippen LogP contribution in [0.15, 0.2) is 42.9 Å². The van der Waals surface area contributed by atoms with Crippen molar-refractivity contribution in [3.8, 4) is 28.7 Å². The summed E-state index contributed by atoms with van der Waals surface area (Å²) in [6.45, 7) is 3.42. The van der Waals surface area contributed by atoms with Gasteiger partial charge in [-0.3, -0.25) is 9.25 Å². The van der Waals surface area contributed by atoms with E-state index in [1.807, 2.05) is 6.92 Å². The van der Waals surface area contributed by atoms with E-state index in [0.717, 1.165) is 5.56 Å². The number of para-hydroxylation sites is 1. The van der Waals surface area contributed by atoms with E-state index in [4.69, 9.17) is 14.2 Å². The Morgan fingerprint density at radius 2 is 1.65 bits per heavy atom. The van der Waals surface area contributed by atoms with Crippen LogP contribution in [-0.2, 0) is 27.4 Å². The smallest absolute Gasteiger partial charge is 0.189 e. The lowest BCUT2D eigenvalue weighted by molar-refractivity contribution is 0.0947. The van der Waals surface area contributed by atoms with Crippen LogP contribution in [0.4, 0.5) is 0 Å². The van der Waals surface area contributed by atoms with E-state index in [1.165, 1.54) is 21.3 Å². The molecular formula is C24H29N7O5S. The van der Waals surface area contributed by atoms with Gasteiger partial charge in [0.05, 0.1) is 19.5 Å². The highest BCUT2D eigenvalue weighted by atomic mass is 32.2. The third-order valence-corrected chi connectivity index (χ3v) is 7.97. The first-order chi connectivity index (χ1) is 17.7. The molecule has 0 saturated carbocycles. The van der Waals surface area contributed by atoms with E-state index in [2.05, 4.69) is 25.3 Å². The van der Waals surface area contributed by atoms with Crippen molar-refractivity contribution in [3.05, 3.63) is 60.1 Å². The molecule has 0 fully saturated rings. The van der Waals surface area contributed by atoms with E-state index in [-0.39, 0.29) is 11.6 Å². The zero-order valence-electron chi connectivity index (χ0n) is 21.5. The minimum atomic E-state index is -3.85. The number of sulfone groups is 1. The molecule has 13 heteroatoms. The molecule has 196 valence electrons. The molecular weight excluding hydrogens is 498 g/mol. The lowest BCUT2D eigenvalue weighted by Crippen LogP contribution is -2.30. The Labute approximate surface area is 215 Å². The molecule has 0 N–H and O–H groups in total. The number of hydrogen-bond acceptors (Lipinski definition) is 10. The van der Waals surface area contributed by atoms with Crippen LogP contribution in [-0.4, -0.2) is 69.5 Å². The molecule has 0 aliphatic heterocycles. The van der Waals surface area contributed by atoms with Gasteiger partial charge in [0, 0.05) is 32.7 Å². The molecule has 0 aliphatic carbocycles. The topological polar surface area (TPSA) is 136 Å². The molecule has 4 aromatic rings. The Bertz CT molecular complexity index is 1460. The molecule has 12 nitrogen and oxygen atoms in total. The third-order valence-electron chi connectivity index (χ3n) is 5.93. The maximum atomic E-state index is 13.7. The molecule has 3 heterocycles. The van der Waals surface area contributed by atoms with Crippen LogP contribution in [0.2, 0.25) is 0 Å². The summed E-state index contributed by atoms with van der Waals surface area (Å²) in [4.78, 5) is 8.54. The number of aromatic nitrogens is 7. The van der Waals surface area contributed by atoms with Gasteiger partial charge in [-0.2, -0.15) is 5.10 Å². The van der Waals surface area contributed by atoms with Gasteiger partial charge in [-0.05, 0) is 37.6 Å². The fourth-order valence-corrected chi connectivity index (χ4v) is 5.37. The van der Waals surface area contributed by atoms with Gasteiger partial charge in [0.15, 0.2) is 27.3 Å². The summed E-state index contributed by atoms with van der Waals surface area (Å²) >= 11 is 0. The van der Waals surface area contributed by atoms with Crippen LogP contribution < -0.4 is 9.47 Å². The fourth-order valence-electron chi connectivity index (χ4n) is 3.95. The number of ether oxygens (including phenoxy) is 3. The van der Waals surface area contributed by atoms with Crippen molar-refractivity contribution in [1.82, 2.24) is 34.5 Å². The van der Waals surface area contributed by atoms with Crippen molar-refractivity contribution < 1.29 is 22.6 Å². The molecule has 0 bridgehead atoms. The summed E-state index contributed by atoms with van der Waals surface area (Å²) in [5.74, 6) is 1.24. The van der Waals surface area contributed by atoms with Gasteiger partial charge < -0.3 is 14.2 Å². The van der Waals surface area contributed by atoms with E-state index in [9.17, 15) is 8.42 Å². The van der Waals surface area contributed by atoms with Crippen molar-refractivity contribution in [1.29, 1.82) is 0 Å². The molecule has 3 aromatic heterocycles. The van der Waals surface area contributed by atoms with Crippen molar-refractivity contribution in [2.45, 2.75) is 31.0 Å². The molecule has 4 rings (SSSR count). The highest BCUT2D eigenvalue weighted by Gasteiger charge is 2.35. The third kappa shape index (κ3) is 5.18. The van der Waals surface area contributed by atoms with Crippen LogP contribution in [0.1, 0.15) is 30.2 Å². The number of hydrogen-bond donors (Lipinski definition) is 0. The highest BCUT2D eigenvalue weighted by molar-refractivity contribution is 7.91. The van der Waals surface area contributed by atoms with Gasteiger partial charge in [0.1, 0.15) is 34.7 Å². The Hall–Kier alpha value is -3.84. The van der Waals surface area contributed by atoms with Crippen molar-refractivity contribution in [2.75, 3.05) is 21.3 Å². The van der Waals surface area contributed by atoms with Crippen LogP contribution in [0.3, 0.4) is 0 Å². The Morgan fingerprint density at radius 3 is 2.19 bits per heavy atom. The lowest BCUT2D eigenvalue weighted by Gasteiger charge is -2.22. The minimum Gasteiger partial charge on any atom is -0.494 e. The normalized spacial score (nSPS) is 13.4. The number of benzene rings is 1. The molecule has 2 atom stereocenters. The van der Waals surface area contributed by atoms with Crippen molar-refractivity contribution in [2.24, 2.45) is 7.05 Å². The SMILES string of the molecule is COc1cccc(OC)c1-n1c(CS(=O)(=O)[C@@H](C)[C@H](OC)c2ncc(C)cn2)nnc1-c1ccn(C)n1. The quantitative estimate of drug-likeness (QED) is 0.302. The zero-order valence-corrected chi connectivity index (χ0v) is 22.3. The molecule has 0 amide bonds. The van der Waals surface area contributed by atoms with Gasteiger partial charge in [0.2, 0.25) is 0 Å². The second-order valence-corrected chi connectivity index (χ2v) is 10.8. The maximum Gasteiger partial charge on any atom is 0.189 e. The second kappa shape index (κ2) is 10.6. The van der Waals surface area contributed by atoms with E-state index >= 15 is 0 Å². The van der Waals surface area contributed by atoms with Crippen molar-refractivity contribution >= 4 is 9.84 Å². The average Bonchev–Trinajstić information content (AvgIpc) is 3.50. The first-order valence-electron chi connectivity index (χ1n) is 11.4. The summed E-state index contributed by atoms with van der Waals surface area (Å²) in [5.41, 5.74) is 1.82. The van der Waals surface area contributed by atoms with Crippen molar-refractivity contribution in [3.63, 3.8) is 0 Å². The summed E-state index contributed by atoms with van der Waals surface area (Å²) in [6, 6.07) is 7.03. The van der Waals surface area contributed by atoms with Gasteiger partial charge in [-0.25, -0.2) is 18.4 Å². The Balaban J connectivity index is 1.82. The largest absolute Gasteiger partial charge is 0.494 e. The molecule has 37 heavy (non-hydrogen) atoms. The number of nitrogens with zero attached hydrogens (tertiary/aromatic N) is 7. The van der Waals surface area contributed by atoms with Crippen LogP contribution in [0.5, 0.6) is 11.5 Å². The first-order valence-corrected chi connectivity index (χ1v) is 13.1. The maximum absolute atomic E-state index is 13.7. The Kier molecular flexibility index (Phi) is 7.55. The van der Waals surface area contributed by atoms with Crippen LogP contribution in [0.25, 0.3) is 17.2 Å². The van der Waals surface area contributed by atoms with Crippen LogP contribution >= 0.6 is 0 Å². The minimum absolute atomic E-state index is 0.162. The number of aryl methyl sites for hydroxylation is 2. The monoisotopic (exact) mass is 527 g/mol. The van der Waals surface area contributed by atoms with E-state index in [1.54, 1.807) is 66.1 Å². The van der Waals surface area contributed by atoms with E-state index in [0.29, 0.717) is 28.7 Å². The van der Waals surface area contributed by atoms with E-state index < -0.39 is 26.9 Å². The molecule has 0 aliphatic rings. The van der Waals surface area contributed by atoms with Gasteiger partial charge in [0.25, 0.3) is 0 Å². The second-order valence-electron chi connectivity index (χ2n) is 8.45. The number of methoxy groups -OCH3 is 3. The summed E-state index contributed by atoms with van der Waals surface area (Å²) < 4.78 is 47.3. The predicted octanol–water partition coefficient (Wildman–Crippen LogP) is 2.47. The zero-order chi connectivity index (χ0) is 26.7. The van der Waals surface area contributed by atoms with Gasteiger partial charge >= 0.3 is 0 Å². The standard InChI is InChI=1S/C24H29N7O5S/c1-15-12-25-23(26-13-15)22(36-6)16(2)37(32,33)14-20-27-28-24(17-10-11-30(3)29-17)31(20)21-18(34-4)8-7-9-19(21)35-5/h7-13,16,22H,14H2,1-6H3/t16-,22-/m0/s1. The lowest BCUT2D eigenvalue weighted by atomic mass is 10.2. The molecule has 0 radical (unpaired) electrons.